The highest BCUT2D eigenvalue weighted by Crippen LogP contribution is 2.39. The van der Waals surface area contributed by atoms with Gasteiger partial charge in [0.2, 0.25) is 10.0 Å². The van der Waals surface area contributed by atoms with E-state index in [1.807, 2.05) is 19.1 Å². The van der Waals surface area contributed by atoms with Crippen LogP contribution in [0.2, 0.25) is 0 Å². The lowest BCUT2D eigenvalue weighted by Gasteiger charge is -2.24. The number of aryl methyl sites for hydroxylation is 1. The predicted molar refractivity (Wildman–Crippen MR) is 243 cm³/mol. The zero-order valence-electron chi connectivity index (χ0n) is 36.7. The van der Waals surface area contributed by atoms with Gasteiger partial charge in [0, 0.05) is 38.8 Å². The van der Waals surface area contributed by atoms with Gasteiger partial charge >= 0.3 is 0 Å². The molecule has 0 spiro atoms. The van der Waals surface area contributed by atoms with Gasteiger partial charge in [-0.1, -0.05) is 90.5 Å². The molecule has 0 atom stereocenters. The van der Waals surface area contributed by atoms with Crippen LogP contribution in [0.4, 0.5) is 0 Å². The molecular weight excluding hydrogens is 835 g/mol. The Morgan fingerprint density at radius 3 is 0.922 bits per heavy atom. The fourth-order valence-electron chi connectivity index (χ4n) is 8.33. The average Bonchev–Trinajstić information content (AvgIpc) is 3.28. The van der Waals surface area contributed by atoms with Crippen molar-refractivity contribution in [1.29, 1.82) is 0 Å². The van der Waals surface area contributed by atoms with Crippen molar-refractivity contribution in [2.75, 3.05) is 106 Å². The second kappa shape index (κ2) is 22.8. The second-order valence-electron chi connectivity index (χ2n) is 16.0. The second-order valence-corrected chi connectivity index (χ2v) is 17.9. The van der Waals surface area contributed by atoms with Gasteiger partial charge in [0.1, 0.15) is 49.4 Å². The Kier molecular flexibility index (Phi) is 16.2. The fourth-order valence-corrected chi connectivity index (χ4v) is 9.74. The minimum atomic E-state index is -3.82. The van der Waals surface area contributed by atoms with E-state index in [-0.39, 0.29) is 57.6 Å². The standard InChI is InChI=1S/C51H59NO11S/c1-38-14-16-47(17-15-38)64(53,54)52-18-20-55-26-30-60-48-39-6-2-7-40(48)35-44-11-5-13-46-37-42-9-3-8-41(49(42)61-31-27-56-21-19-52)36-45-12-4-10-43(34-39)50(45)62-32-28-58-24-22-57-23-25-59-29-33-63-51(44)46/h2-17H,18-37H2,1H3. The Balaban J connectivity index is 1.21. The van der Waals surface area contributed by atoms with Crippen LogP contribution in [-0.2, 0) is 59.4 Å². The lowest BCUT2D eigenvalue weighted by Crippen LogP contribution is -2.37. The Hall–Kier alpha value is -4.99. The van der Waals surface area contributed by atoms with Gasteiger partial charge in [0.05, 0.1) is 71.0 Å². The molecule has 0 unspecified atom stereocenters. The molecule has 0 saturated carbocycles. The number of benzene rings is 5. The van der Waals surface area contributed by atoms with Crippen LogP contribution in [-0.4, -0.2) is 118 Å². The fraction of sp³-hybridized carbons (Fsp3) is 0.412. The van der Waals surface area contributed by atoms with E-state index in [0.29, 0.717) is 78.5 Å². The Morgan fingerprint density at radius 2 is 0.625 bits per heavy atom. The topological polar surface area (TPSA) is 120 Å². The molecule has 12 bridgehead atoms. The summed E-state index contributed by atoms with van der Waals surface area (Å²) in [5.74, 6) is 3.15. The number of para-hydroxylation sites is 4. The van der Waals surface area contributed by atoms with Crippen LogP contribution in [0.1, 0.15) is 50.1 Å². The van der Waals surface area contributed by atoms with E-state index in [1.165, 1.54) is 4.31 Å². The van der Waals surface area contributed by atoms with Crippen LogP contribution in [0.5, 0.6) is 23.0 Å². The number of ether oxygens (including phenoxy) is 9. The summed E-state index contributed by atoms with van der Waals surface area (Å²) in [6, 6.07) is 32.1. The van der Waals surface area contributed by atoms with Crippen molar-refractivity contribution in [2.24, 2.45) is 0 Å². The van der Waals surface area contributed by atoms with E-state index < -0.39 is 10.0 Å². The molecule has 340 valence electrons. The largest absolute Gasteiger partial charge is 0.491 e. The number of hydrogen-bond acceptors (Lipinski definition) is 11. The molecule has 3 heterocycles. The molecule has 13 heteroatoms. The third-order valence-corrected chi connectivity index (χ3v) is 13.4. The smallest absolute Gasteiger partial charge is 0.243 e. The summed E-state index contributed by atoms with van der Waals surface area (Å²) in [5.41, 5.74) is 9.04. The first-order valence-corrected chi connectivity index (χ1v) is 23.8. The van der Waals surface area contributed by atoms with Crippen molar-refractivity contribution in [3.63, 3.8) is 0 Å². The van der Waals surface area contributed by atoms with Crippen LogP contribution in [0.15, 0.2) is 102 Å². The summed E-state index contributed by atoms with van der Waals surface area (Å²) in [6.07, 6.45) is 2.15. The summed E-state index contributed by atoms with van der Waals surface area (Å²) in [6.45, 7) is 6.89. The normalized spacial score (nSPS) is 18.0. The molecule has 4 aliphatic rings. The minimum Gasteiger partial charge on any atom is -0.491 e. The zero-order valence-corrected chi connectivity index (χ0v) is 37.5. The van der Waals surface area contributed by atoms with Crippen molar-refractivity contribution < 1.29 is 51.0 Å². The highest BCUT2D eigenvalue weighted by atomic mass is 32.2. The van der Waals surface area contributed by atoms with Crippen LogP contribution in [0, 0.1) is 6.92 Å². The SMILES string of the molecule is Cc1ccc(S(=O)(=O)N2CCOCCOc3c4cccc3Cc3cccc5c3OCCOCCOCCOCCOc3c(cccc3Cc3cccc(c3OCCOCC2)C5)C4)cc1. The number of hydrogen-bond donors (Lipinski definition) is 0. The van der Waals surface area contributed by atoms with Gasteiger partial charge in [-0.05, 0) is 63.6 Å². The molecule has 0 saturated heterocycles. The molecule has 0 amide bonds. The summed E-state index contributed by atoms with van der Waals surface area (Å²) in [5, 5.41) is 0. The first kappa shape index (κ1) is 45.6. The minimum absolute atomic E-state index is 0.150. The van der Waals surface area contributed by atoms with Crippen molar-refractivity contribution >= 4 is 10.0 Å². The van der Waals surface area contributed by atoms with E-state index in [2.05, 4.69) is 72.8 Å². The van der Waals surface area contributed by atoms with Gasteiger partial charge in [-0.25, -0.2) is 8.42 Å². The highest BCUT2D eigenvalue weighted by Gasteiger charge is 2.25. The van der Waals surface area contributed by atoms with E-state index in [1.54, 1.807) is 12.1 Å². The summed E-state index contributed by atoms with van der Waals surface area (Å²) < 4.78 is 86.0. The quantitative estimate of drug-likeness (QED) is 0.168. The van der Waals surface area contributed by atoms with E-state index in [0.717, 1.165) is 73.1 Å². The molecule has 9 rings (SSSR count). The maximum Gasteiger partial charge on any atom is 0.243 e. The van der Waals surface area contributed by atoms with Crippen LogP contribution in [0.25, 0.3) is 0 Å². The van der Waals surface area contributed by atoms with Crippen LogP contribution < -0.4 is 18.9 Å². The monoisotopic (exact) mass is 893 g/mol. The first-order valence-electron chi connectivity index (χ1n) is 22.3. The van der Waals surface area contributed by atoms with Crippen molar-refractivity contribution in [2.45, 2.75) is 37.5 Å². The Morgan fingerprint density at radius 1 is 0.359 bits per heavy atom. The van der Waals surface area contributed by atoms with Crippen molar-refractivity contribution in [3.8, 4) is 23.0 Å². The van der Waals surface area contributed by atoms with E-state index in [4.69, 9.17) is 42.6 Å². The molecule has 64 heavy (non-hydrogen) atoms. The molecule has 0 N–H and O–H groups in total. The molecule has 3 aliphatic heterocycles. The molecule has 0 radical (unpaired) electrons. The third kappa shape index (κ3) is 11.8. The number of fused-ring (bicyclic) bond motifs is 12. The maximum atomic E-state index is 13.9. The molecular formula is C51H59NO11S. The van der Waals surface area contributed by atoms with Gasteiger partial charge in [-0.15, -0.1) is 0 Å². The van der Waals surface area contributed by atoms with Crippen LogP contribution in [0.3, 0.4) is 0 Å². The molecule has 0 fully saturated rings. The number of nitrogens with zero attached hydrogens (tertiary/aromatic N) is 1. The Bertz CT molecular complexity index is 2190. The molecule has 1 aliphatic carbocycles. The predicted octanol–water partition coefficient (Wildman–Crippen LogP) is 6.99. The lowest BCUT2D eigenvalue weighted by atomic mass is 9.91. The summed E-state index contributed by atoms with van der Waals surface area (Å²) >= 11 is 0. The lowest BCUT2D eigenvalue weighted by molar-refractivity contribution is 0.00484. The Labute approximate surface area is 377 Å². The van der Waals surface area contributed by atoms with Gasteiger partial charge in [-0.3, -0.25) is 0 Å². The van der Waals surface area contributed by atoms with Gasteiger partial charge in [-0.2, -0.15) is 4.31 Å². The van der Waals surface area contributed by atoms with Crippen molar-refractivity contribution in [1.82, 2.24) is 4.31 Å². The van der Waals surface area contributed by atoms with E-state index >= 15 is 0 Å². The summed E-state index contributed by atoms with van der Waals surface area (Å²) in [7, 11) is -3.82. The van der Waals surface area contributed by atoms with Gasteiger partial charge in [0.15, 0.2) is 0 Å². The number of sulfonamides is 1. The summed E-state index contributed by atoms with van der Waals surface area (Å²) in [4.78, 5) is 0.231. The molecule has 5 aromatic rings. The van der Waals surface area contributed by atoms with E-state index in [9.17, 15) is 8.42 Å². The molecule has 0 aromatic heterocycles. The number of rotatable bonds is 2. The maximum absolute atomic E-state index is 13.9. The van der Waals surface area contributed by atoms with Gasteiger partial charge < -0.3 is 42.6 Å². The molecule has 5 aromatic carbocycles. The average molecular weight is 894 g/mol. The first-order chi connectivity index (χ1) is 31.4. The van der Waals surface area contributed by atoms with Gasteiger partial charge in [0.25, 0.3) is 0 Å². The third-order valence-electron chi connectivity index (χ3n) is 11.5. The highest BCUT2D eigenvalue weighted by molar-refractivity contribution is 7.89. The zero-order chi connectivity index (χ0) is 44.0. The van der Waals surface area contributed by atoms with Crippen LogP contribution >= 0.6 is 0 Å². The van der Waals surface area contributed by atoms with Crippen molar-refractivity contribution in [3.05, 3.63) is 147 Å². The molecule has 12 nitrogen and oxygen atoms in total.